The number of ether oxygens (including phenoxy) is 1. The van der Waals surface area contributed by atoms with E-state index in [4.69, 9.17) is 4.74 Å². The Morgan fingerprint density at radius 2 is 1.50 bits per heavy atom. The number of methoxy groups -OCH3 is 1. The standard InChI is InChI=1S/C27H19NO3S/c1-31-24-12-11-22(16-23(24)18-5-3-2-4-6-18)21-10-9-19-13-17(7-8-20(19)15-21)14-25-26(29)28-27(30)32-25/h2-16H,1H3,(H,28,29,30). The fraction of sp³-hybridized carbons (Fsp3) is 0.0370. The van der Waals surface area contributed by atoms with Crippen molar-refractivity contribution < 1.29 is 14.3 Å². The van der Waals surface area contributed by atoms with Gasteiger partial charge in [0.25, 0.3) is 11.1 Å². The number of rotatable bonds is 4. The first-order valence-corrected chi connectivity index (χ1v) is 10.9. The van der Waals surface area contributed by atoms with Gasteiger partial charge in [0.2, 0.25) is 0 Å². The molecule has 1 saturated heterocycles. The molecule has 1 aliphatic rings. The molecule has 4 aromatic rings. The van der Waals surface area contributed by atoms with E-state index in [1.807, 2.05) is 42.5 Å². The fourth-order valence-electron chi connectivity index (χ4n) is 3.84. The van der Waals surface area contributed by atoms with E-state index in [0.29, 0.717) is 4.91 Å². The Morgan fingerprint density at radius 1 is 0.781 bits per heavy atom. The molecule has 0 radical (unpaired) electrons. The molecule has 0 bridgehead atoms. The van der Waals surface area contributed by atoms with E-state index in [2.05, 4.69) is 47.8 Å². The predicted octanol–water partition coefficient (Wildman–Crippen LogP) is 6.51. The molecule has 0 saturated carbocycles. The molecule has 2 amide bonds. The van der Waals surface area contributed by atoms with Gasteiger partial charge >= 0.3 is 0 Å². The third kappa shape index (κ3) is 3.90. The van der Waals surface area contributed by atoms with Crippen LogP contribution < -0.4 is 10.1 Å². The highest BCUT2D eigenvalue weighted by Gasteiger charge is 2.24. The number of fused-ring (bicyclic) bond motifs is 1. The van der Waals surface area contributed by atoms with Crippen LogP contribution >= 0.6 is 11.8 Å². The van der Waals surface area contributed by atoms with Gasteiger partial charge in [0, 0.05) is 5.56 Å². The van der Waals surface area contributed by atoms with Gasteiger partial charge in [-0.15, -0.1) is 0 Å². The van der Waals surface area contributed by atoms with Crippen LogP contribution in [0.3, 0.4) is 0 Å². The van der Waals surface area contributed by atoms with Crippen LogP contribution in [0.4, 0.5) is 4.79 Å². The Hall–Kier alpha value is -3.83. The van der Waals surface area contributed by atoms with Gasteiger partial charge in [-0.2, -0.15) is 0 Å². The second-order valence-electron chi connectivity index (χ2n) is 7.45. The van der Waals surface area contributed by atoms with Crippen molar-refractivity contribution in [3.05, 3.63) is 95.4 Å². The second kappa shape index (κ2) is 8.36. The van der Waals surface area contributed by atoms with Crippen molar-refractivity contribution in [2.45, 2.75) is 0 Å². The van der Waals surface area contributed by atoms with E-state index < -0.39 is 0 Å². The van der Waals surface area contributed by atoms with Crippen LogP contribution in [0, 0.1) is 0 Å². The number of nitrogens with one attached hydrogen (secondary N) is 1. The minimum atomic E-state index is -0.343. The third-order valence-corrected chi connectivity index (χ3v) is 6.23. The van der Waals surface area contributed by atoms with Gasteiger partial charge in [-0.25, -0.2) is 0 Å². The summed E-state index contributed by atoms with van der Waals surface area (Å²) in [5.74, 6) is 0.495. The number of benzene rings is 4. The second-order valence-corrected chi connectivity index (χ2v) is 8.47. The quantitative estimate of drug-likeness (QED) is 0.370. The average Bonchev–Trinajstić information content (AvgIpc) is 3.15. The van der Waals surface area contributed by atoms with Crippen LogP contribution in [0.15, 0.2) is 89.8 Å². The van der Waals surface area contributed by atoms with E-state index in [9.17, 15) is 9.59 Å². The average molecular weight is 438 g/mol. The Kier molecular flexibility index (Phi) is 5.25. The SMILES string of the molecule is COc1ccc(-c2ccc3cc(C=C4SC(=O)NC4=O)ccc3c2)cc1-c1ccccc1. The van der Waals surface area contributed by atoms with Crippen molar-refractivity contribution >= 4 is 39.8 Å². The molecule has 0 aliphatic carbocycles. The van der Waals surface area contributed by atoms with Gasteiger partial charge < -0.3 is 4.74 Å². The Bertz CT molecular complexity index is 1390. The number of thioether (sulfide) groups is 1. The first-order chi connectivity index (χ1) is 15.6. The lowest BCUT2D eigenvalue weighted by Crippen LogP contribution is -2.17. The molecule has 1 fully saturated rings. The van der Waals surface area contributed by atoms with Crippen LogP contribution in [0.25, 0.3) is 39.1 Å². The van der Waals surface area contributed by atoms with E-state index in [1.54, 1.807) is 13.2 Å². The van der Waals surface area contributed by atoms with E-state index in [1.165, 1.54) is 0 Å². The summed E-state index contributed by atoms with van der Waals surface area (Å²) in [6.07, 6.45) is 1.74. The fourth-order valence-corrected chi connectivity index (χ4v) is 4.52. The van der Waals surface area contributed by atoms with Gasteiger partial charge in [0.05, 0.1) is 12.0 Å². The summed E-state index contributed by atoms with van der Waals surface area (Å²) in [5, 5.41) is 4.11. The minimum absolute atomic E-state index is 0.332. The number of hydrogen-bond donors (Lipinski definition) is 1. The van der Waals surface area contributed by atoms with Crippen molar-refractivity contribution in [3.8, 4) is 28.0 Å². The molecule has 1 N–H and O–H groups in total. The number of amides is 2. The smallest absolute Gasteiger partial charge is 0.290 e. The van der Waals surface area contributed by atoms with Crippen molar-refractivity contribution in [3.63, 3.8) is 0 Å². The molecular weight excluding hydrogens is 418 g/mol. The van der Waals surface area contributed by atoms with Crippen molar-refractivity contribution in [1.82, 2.24) is 5.32 Å². The van der Waals surface area contributed by atoms with Gasteiger partial charge in [-0.3, -0.25) is 14.9 Å². The normalized spacial score (nSPS) is 14.7. The number of imide groups is 1. The first kappa shape index (κ1) is 20.1. The molecule has 1 aliphatic heterocycles. The van der Waals surface area contributed by atoms with E-state index >= 15 is 0 Å². The molecule has 32 heavy (non-hydrogen) atoms. The molecule has 1 heterocycles. The van der Waals surface area contributed by atoms with Crippen molar-refractivity contribution in [2.75, 3.05) is 7.11 Å². The third-order valence-electron chi connectivity index (χ3n) is 5.42. The van der Waals surface area contributed by atoms with E-state index in [0.717, 1.165) is 56.1 Å². The zero-order chi connectivity index (χ0) is 22.1. The van der Waals surface area contributed by atoms with Gasteiger partial charge in [0.1, 0.15) is 5.75 Å². The lowest BCUT2D eigenvalue weighted by molar-refractivity contribution is -0.115. The zero-order valence-electron chi connectivity index (χ0n) is 17.3. The summed E-state index contributed by atoms with van der Waals surface area (Å²) in [7, 11) is 1.69. The van der Waals surface area contributed by atoms with Gasteiger partial charge in [-0.1, -0.05) is 60.7 Å². The number of hydrogen-bond acceptors (Lipinski definition) is 4. The molecule has 156 valence electrons. The predicted molar refractivity (Wildman–Crippen MR) is 130 cm³/mol. The molecule has 4 aromatic carbocycles. The Balaban J connectivity index is 1.51. The highest BCUT2D eigenvalue weighted by molar-refractivity contribution is 8.18. The van der Waals surface area contributed by atoms with Crippen molar-refractivity contribution in [1.29, 1.82) is 0 Å². The van der Waals surface area contributed by atoms with Crippen LogP contribution in [-0.4, -0.2) is 18.3 Å². The van der Waals surface area contributed by atoms with Crippen LogP contribution in [0.2, 0.25) is 0 Å². The summed E-state index contributed by atoms with van der Waals surface area (Å²) < 4.78 is 5.59. The molecular formula is C27H19NO3S. The Labute approximate surface area is 189 Å². The topological polar surface area (TPSA) is 55.4 Å². The summed E-state index contributed by atoms with van der Waals surface area (Å²) >= 11 is 0.927. The maximum absolute atomic E-state index is 11.8. The summed E-state index contributed by atoms with van der Waals surface area (Å²) in [4.78, 5) is 23.6. The number of carbonyl (C=O) groups is 2. The lowest BCUT2D eigenvalue weighted by atomic mass is 9.96. The molecule has 0 aromatic heterocycles. The molecule has 0 spiro atoms. The highest BCUT2D eigenvalue weighted by Crippen LogP contribution is 2.35. The largest absolute Gasteiger partial charge is 0.496 e. The Morgan fingerprint density at radius 3 is 2.25 bits per heavy atom. The monoisotopic (exact) mass is 437 g/mol. The maximum atomic E-state index is 11.8. The van der Waals surface area contributed by atoms with Gasteiger partial charge in [0.15, 0.2) is 0 Å². The van der Waals surface area contributed by atoms with Gasteiger partial charge in [-0.05, 0) is 75.1 Å². The lowest BCUT2D eigenvalue weighted by Gasteiger charge is -2.12. The number of carbonyl (C=O) groups excluding carboxylic acids is 2. The van der Waals surface area contributed by atoms with Crippen molar-refractivity contribution in [2.24, 2.45) is 0 Å². The van der Waals surface area contributed by atoms with Crippen LogP contribution in [0.1, 0.15) is 5.56 Å². The summed E-state index contributed by atoms with van der Waals surface area (Å²) in [5.41, 5.74) is 5.26. The summed E-state index contributed by atoms with van der Waals surface area (Å²) in [6, 6.07) is 28.8. The molecule has 4 nitrogen and oxygen atoms in total. The van der Waals surface area contributed by atoms with E-state index in [-0.39, 0.29) is 11.1 Å². The molecule has 0 atom stereocenters. The van der Waals surface area contributed by atoms with Crippen LogP contribution in [0.5, 0.6) is 5.75 Å². The summed E-state index contributed by atoms with van der Waals surface area (Å²) in [6.45, 7) is 0. The molecule has 0 unspecified atom stereocenters. The first-order valence-electron chi connectivity index (χ1n) is 10.1. The molecule has 5 rings (SSSR count). The minimum Gasteiger partial charge on any atom is -0.496 e. The maximum Gasteiger partial charge on any atom is 0.290 e. The van der Waals surface area contributed by atoms with Crippen LogP contribution in [-0.2, 0) is 4.79 Å². The molecule has 5 heteroatoms. The highest BCUT2D eigenvalue weighted by atomic mass is 32.2. The zero-order valence-corrected chi connectivity index (χ0v) is 18.1.